The van der Waals surface area contributed by atoms with E-state index in [4.69, 9.17) is 9.78 Å². The van der Waals surface area contributed by atoms with Crippen LogP contribution in [0, 0.1) is 34.5 Å². The van der Waals surface area contributed by atoms with Crippen LogP contribution in [0.3, 0.4) is 0 Å². The first-order valence-electron chi connectivity index (χ1n) is 13.0. The van der Waals surface area contributed by atoms with Crippen LogP contribution in [0.1, 0.15) is 92.9 Å². The topological polar surface area (TPSA) is 55.8 Å². The van der Waals surface area contributed by atoms with Crippen LogP contribution in [0.5, 0.6) is 0 Å². The van der Waals surface area contributed by atoms with Crippen molar-refractivity contribution in [1.82, 2.24) is 0 Å². The average molecular weight is 443 g/mol. The van der Waals surface area contributed by atoms with Gasteiger partial charge in [-0.25, -0.2) is 9.78 Å². The molecule has 1 saturated heterocycles. The summed E-state index contributed by atoms with van der Waals surface area (Å²) >= 11 is 0. The maximum Gasteiger partial charge on any atom is 0.164 e. The van der Waals surface area contributed by atoms with Gasteiger partial charge in [-0.15, -0.1) is 0 Å². The van der Waals surface area contributed by atoms with Crippen LogP contribution in [0.4, 0.5) is 0 Å². The van der Waals surface area contributed by atoms with Crippen LogP contribution in [0.25, 0.3) is 0 Å². The lowest BCUT2D eigenvalue weighted by Crippen LogP contribution is -2.65. The number of rotatable bonds is 4. The van der Waals surface area contributed by atoms with Crippen molar-refractivity contribution in [2.24, 2.45) is 34.5 Å². The van der Waals surface area contributed by atoms with Gasteiger partial charge in [0, 0.05) is 23.8 Å². The minimum Gasteiger partial charge on any atom is -0.393 e. The number of ketones is 1. The molecule has 8 unspecified atom stereocenters. The van der Waals surface area contributed by atoms with Crippen molar-refractivity contribution >= 4 is 5.78 Å². The highest BCUT2D eigenvalue weighted by Gasteiger charge is 2.77. The van der Waals surface area contributed by atoms with Crippen LogP contribution in [-0.2, 0) is 14.6 Å². The Hall–Kier alpha value is -0.970. The van der Waals surface area contributed by atoms with Gasteiger partial charge >= 0.3 is 0 Å². The normalized spacial score (nSPS) is 47.6. The fourth-order valence-electron chi connectivity index (χ4n) is 8.23. The van der Waals surface area contributed by atoms with Crippen molar-refractivity contribution in [2.45, 2.75) is 110 Å². The molecule has 0 amide bonds. The van der Waals surface area contributed by atoms with E-state index in [9.17, 15) is 9.90 Å². The van der Waals surface area contributed by atoms with Crippen molar-refractivity contribution in [1.29, 1.82) is 0 Å². The lowest BCUT2D eigenvalue weighted by Gasteiger charge is -2.58. The molecule has 4 aliphatic carbocycles. The van der Waals surface area contributed by atoms with Crippen LogP contribution in [0.2, 0.25) is 0 Å². The highest BCUT2D eigenvalue weighted by molar-refractivity contribution is 6.01. The number of carbonyl (C=O) groups excluding carboxylic acids is 1. The summed E-state index contributed by atoms with van der Waals surface area (Å²) in [5, 5.41) is 10.4. The Kier molecular flexibility index (Phi) is 5.18. The molecule has 4 fully saturated rings. The lowest BCUT2D eigenvalue weighted by molar-refractivity contribution is -0.344. The number of carbonyl (C=O) groups is 1. The van der Waals surface area contributed by atoms with E-state index < -0.39 is 17.3 Å². The number of allylic oxidation sites excluding steroid dienone is 3. The minimum atomic E-state index is -0.666. The quantitative estimate of drug-likeness (QED) is 0.432. The standard InChI is InChI=1S/C28H42O4/c1-17(2)18(3)7-8-19(4)21-9-10-22-24-23(30)16-27-15-20(29)11-12-26(27,6)28(24,32-31-27)14-13-25(21,22)5/h7-8,17-21,29H,9-16H2,1-6H3/b8-7+. The summed E-state index contributed by atoms with van der Waals surface area (Å²) in [4.78, 5) is 26.1. The largest absolute Gasteiger partial charge is 0.393 e. The summed E-state index contributed by atoms with van der Waals surface area (Å²) < 4.78 is 0. The van der Waals surface area contributed by atoms with Crippen LogP contribution < -0.4 is 0 Å². The molecule has 4 nitrogen and oxygen atoms in total. The van der Waals surface area contributed by atoms with Gasteiger partial charge in [-0.2, -0.15) is 0 Å². The van der Waals surface area contributed by atoms with E-state index >= 15 is 0 Å². The third-order valence-corrected chi connectivity index (χ3v) is 10.8. The Morgan fingerprint density at radius 3 is 2.50 bits per heavy atom. The van der Waals surface area contributed by atoms with Gasteiger partial charge in [-0.1, -0.05) is 59.3 Å². The predicted octanol–water partition coefficient (Wildman–Crippen LogP) is 5.94. The molecule has 4 heteroatoms. The van der Waals surface area contributed by atoms with E-state index in [1.54, 1.807) is 0 Å². The second kappa shape index (κ2) is 7.26. The number of fused-ring (bicyclic) bond motifs is 1. The Morgan fingerprint density at radius 2 is 1.78 bits per heavy atom. The SMILES string of the molecule is CC(C)C(C)/C=C/C(C)C1CCC2=C3C(=O)CC45CC(O)CCC4(C)C3(CCC21C)OO5. The second-order valence-corrected chi connectivity index (χ2v) is 12.6. The third-order valence-electron chi connectivity index (χ3n) is 10.8. The Labute approximate surface area is 193 Å². The Morgan fingerprint density at radius 1 is 1.03 bits per heavy atom. The fraction of sp³-hybridized carbons (Fsp3) is 0.821. The van der Waals surface area contributed by atoms with E-state index in [0.29, 0.717) is 36.5 Å². The van der Waals surface area contributed by atoms with Crippen molar-refractivity contribution in [3.63, 3.8) is 0 Å². The van der Waals surface area contributed by atoms with E-state index in [1.165, 1.54) is 5.57 Å². The molecule has 1 heterocycles. The fourth-order valence-corrected chi connectivity index (χ4v) is 8.23. The van der Waals surface area contributed by atoms with Gasteiger partial charge in [0.25, 0.3) is 0 Å². The van der Waals surface area contributed by atoms with Crippen LogP contribution >= 0.6 is 0 Å². The minimum absolute atomic E-state index is 0.0531. The van der Waals surface area contributed by atoms with E-state index in [0.717, 1.165) is 44.1 Å². The van der Waals surface area contributed by atoms with Gasteiger partial charge in [0.1, 0.15) is 11.2 Å². The monoisotopic (exact) mass is 442 g/mol. The summed E-state index contributed by atoms with van der Waals surface area (Å²) in [6.45, 7) is 13.9. The van der Waals surface area contributed by atoms with Gasteiger partial charge < -0.3 is 5.11 Å². The predicted molar refractivity (Wildman–Crippen MR) is 125 cm³/mol. The highest BCUT2D eigenvalue weighted by atomic mass is 17.2. The maximum atomic E-state index is 13.7. The number of Topliss-reactive ketones (excluding diaryl/α,β-unsaturated/α-hetero) is 1. The first kappa shape index (κ1) is 22.8. The van der Waals surface area contributed by atoms with E-state index in [-0.39, 0.29) is 16.6 Å². The molecule has 1 N–H and O–H groups in total. The molecule has 8 atom stereocenters. The van der Waals surface area contributed by atoms with Crippen molar-refractivity contribution in [3.8, 4) is 0 Å². The van der Waals surface area contributed by atoms with E-state index in [1.807, 2.05) is 0 Å². The molecular weight excluding hydrogens is 400 g/mol. The van der Waals surface area contributed by atoms with Crippen molar-refractivity contribution in [2.75, 3.05) is 0 Å². The summed E-state index contributed by atoms with van der Waals surface area (Å²) in [6.07, 6.45) is 10.9. The summed E-state index contributed by atoms with van der Waals surface area (Å²) in [5.41, 5.74) is 0.845. The zero-order valence-electron chi connectivity index (χ0n) is 20.9. The van der Waals surface area contributed by atoms with Gasteiger partial charge in [0.15, 0.2) is 5.78 Å². The molecular formula is C28H42O4. The van der Waals surface area contributed by atoms with Crippen LogP contribution in [0.15, 0.2) is 23.3 Å². The van der Waals surface area contributed by atoms with Crippen LogP contribution in [-0.4, -0.2) is 28.2 Å². The smallest absolute Gasteiger partial charge is 0.164 e. The maximum absolute atomic E-state index is 13.7. The third kappa shape index (κ3) is 2.75. The molecule has 0 aromatic carbocycles. The molecule has 32 heavy (non-hydrogen) atoms. The number of hydrogen-bond donors (Lipinski definition) is 1. The molecule has 0 radical (unpaired) electrons. The highest BCUT2D eigenvalue weighted by Crippen LogP contribution is 2.72. The molecule has 5 rings (SSSR count). The zero-order valence-corrected chi connectivity index (χ0v) is 20.9. The first-order chi connectivity index (χ1) is 15.0. The van der Waals surface area contributed by atoms with Gasteiger partial charge in [-0.05, 0) is 67.6 Å². The molecule has 0 aromatic rings. The molecule has 1 spiro atoms. The molecule has 0 aromatic heterocycles. The Balaban J connectivity index is 1.53. The summed E-state index contributed by atoms with van der Waals surface area (Å²) in [7, 11) is 0. The number of hydrogen-bond acceptors (Lipinski definition) is 4. The molecule has 178 valence electrons. The molecule has 3 saturated carbocycles. The number of aliphatic hydroxyl groups is 1. The molecule has 2 bridgehead atoms. The Bertz CT molecular complexity index is 873. The number of aliphatic hydroxyl groups excluding tert-OH is 1. The first-order valence-corrected chi connectivity index (χ1v) is 13.0. The zero-order chi connectivity index (χ0) is 23.1. The average Bonchev–Trinajstić information content (AvgIpc) is 3.15. The summed E-state index contributed by atoms with van der Waals surface area (Å²) in [6, 6.07) is 0. The van der Waals surface area contributed by atoms with Gasteiger partial charge in [0.05, 0.1) is 6.10 Å². The van der Waals surface area contributed by atoms with Gasteiger partial charge in [0.2, 0.25) is 0 Å². The summed E-state index contributed by atoms with van der Waals surface area (Å²) in [5.74, 6) is 2.50. The second-order valence-electron chi connectivity index (χ2n) is 12.6. The van der Waals surface area contributed by atoms with Gasteiger partial charge in [-0.3, -0.25) is 4.79 Å². The van der Waals surface area contributed by atoms with Crippen molar-refractivity contribution in [3.05, 3.63) is 23.3 Å². The molecule has 1 aliphatic heterocycles. The van der Waals surface area contributed by atoms with E-state index in [2.05, 4.69) is 53.7 Å². The van der Waals surface area contributed by atoms with Crippen molar-refractivity contribution < 1.29 is 19.7 Å². The molecule has 5 aliphatic rings. The lowest BCUT2D eigenvalue weighted by atomic mass is 9.45.